The molecule has 0 unspecified atom stereocenters. The Morgan fingerprint density at radius 3 is 0.907 bits per heavy atom. The van der Waals surface area contributed by atoms with Crippen LogP contribution in [0.5, 0.6) is 0 Å². The molecule has 0 saturated heterocycles. The lowest BCUT2D eigenvalue weighted by molar-refractivity contribution is 0.186. The Labute approximate surface area is 270 Å². The molecule has 0 aliphatic rings. The number of hydrogen-bond donors (Lipinski definition) is 0. The highest BCUT2D eigenvalue weighted by Gasteiger charge is 2.25. The van der Waals surface area contributed by atoms with Crippen molar-refractivity contribution < 1.29 is 18.1 Å². The number of allylic oxidation sites excluding steroid dienone is 2. The fraction of sp³-hybridized carbons (Fsp3) is 0.895. The van der Waals surface area contributed by atoms with Crippen molar-refractivity contribution >= 4 is 7.82 Å². The van der Waals surface area contributed by atoms with Crippen LogP contribution in [-0.2, 0) is 18.1 Å². The molecule has 0 heterocycles. The van der Waals surface area contributed by atoms with E-state index in [1.165, 1.54) is 179 Å². The van der Waals surface area contributed by atoms with Crippen LogP contribution in [0, 0.1) is 0 Å². The maximum atomic E-state index is 12.8. The van der Waals surface area contributed by atoms with Gasteiger partial charge in [-0.25, -0.2) is 4.57 Å². The third-order valence-electron chi connectivity index (χ3n) is 8.31. The monoisotopic (exact) mass is 627 g/mol. The van der Waals surface area contributed by atoms with Crippen molar-refractivity contribution in [3.63, 3.8) is 0 Å². The Morgan fingerprint density at radius 1 is 0.395 bits per heavy atom. The molecule has 0 bridgehead atoms. The van der Waals surface area contributed by atoms with Crippen LogP contribution < -0.4 is 0 Å². The fourth-order valence-corrected chi connectivity index (χ4v) is 6.49. The summed E-state index contributed by atoms with van der Waals surface area (Å²) >= 11 is 0. The summed E-state index contributed by atoms with van der Waals surface area (Å²) in [5.41, 5.74) is 0. The molecule has 0 N–H and O–H groups in total. The number of hydrogen-bond acceptors (Lipinski definition) is 4. The fourth-order valence-electron chi connectivity index (χ4n) is 5.53. The van der Waals surface area contributed by atoms with Crippen LogP contribution in [-0.4, -0.2) is 6.61 Å². The molecular weight excluding hydrogens is 551 g/mol. The second-order valence-electron chi connectivity index (χ2n) is 12.6. The second-order valence-corrected chi connectivity index (χ2v) is 14.2. The van der Waals surface area contributed by atoms with E-state index in [9.17, 15) is 4.57 Å². The lowest BCUT2D eigenvalue weighted by Crippen LogP contribution is -1.93. The van der Waals surface area contributed by atoms with Gasteiger partial charge in [0.15, 0.2) is 0 Å². The summed E-state index contributed by atoms with van der Waals surface area (Å²) < 4.78 is 28.9. The van der Waals surface area contributed by atoms with Crippen LogP contribution >= 0.6 is 7.82 Å². The van der Waals surface area contributed by atoms with E-state index in [2.05, 4.69) is 13.8 Å². The van der Waals surface area contributed by atoms with Gasteiger partial charge in [0.1, 0.15) is 0 Å². The Hall–Kier alpha value is -0.730. The molecule has 256 valence electrons. The Morgan fingerprint density at radius 2 is 0.651 bits per heavy atom. The molecule has 0 atom stereocenters. The predicted octanol–water partition coefficient (Wildman–Crippen LogP) is 14.9. The van der Waals surface area contributed by atoms with Crippen molar-refractivity contribution in [2.24, 2.45) is 0 Å². The molecular formula is C38H75O4P. The molecule has 0 aliphatic heterocycles. The minimum Gasteiger partial charge on any atom is -0.403 e. The van der Waals surface area contributed by atoms with Crippen molar-refractivity contribution in [2.75, 3.05) is 6.61 Å². The van der Waals surface area contributed by atoms with Gasteiger partial charge < -0.3 is 9.05 Å². The van der Waals surface area contributed by atoms with Crippen LogP contribution in [0.25, 0.3) is 0 Å². The van der Waals surface area contributed by atoms with Crippen LogP contribution in [0.3, 0.4) is 0 Å². The van der Waals surface area contributed by atoms with Gasteiger partial charge in [0, 0.05) is 0 Å². The Bertz CT molecular complexity index is 585. The van der Waals surface area contributed by atoms with Crippen LogP contribution in [0.15, 0.2) is 24.7 Å². The standard InChI is InChI=1S/C38H75O4P/c1-4-7-9-11-13-15-17-19-21-23-25-27-29-31-33-35-37-41-43(39,40-6-3)42-38-36-34-32-30-28-26-24-22-20-18-16-14-12-10-8-5-2/h35-38H,4-34H2,1-3H3/b37-35+,38-36+. The molecule has 43 heavy (non-hydrogen) atoms. The van der Waals surface area contributed by atoms with Gasteiger partial charge in [0.05, 0.1) is 19.1 Å². The second kappa shape index (κ2) is 35.7. The van der Waals surface area contributed by atoms with E-state index in [1.807, 2.05) is 12.2 Å². The lowest BCUT2D eigenvalue weighted by atomic mass is 10.0. The number of phosphoric acid groups is 1. The Kier molecular flexibility index (Phi) is 35.1. The normalized spacial score (nSPS) is 12.2. The molecule has 0 aromatic carbocycles. The number of unbranched alkanes of at least 4 members (excludes halogenated alkanes) is 28. The topological polar surface area (TPSA) is 44.8 Å². The van der Waals surface area contributed by atoms with Gasteiger partial charge in [0.25, 0.3) is 0 Å². The molecule has 0 aromatic heterocycles. The van der Waals surface area contributed by atoms with Crippen molar-refractivity contribution in [3.05, 3.63) is 24.7 Å². The average molecular weight is 627 g/mol. The molecule has 0 aromatic rings. The van der Waals surface area contributed by atoms with Crippen molar-refractivity contribution in [3.8, 4) is 0 Å². The van der Waals surface area contributed by atoms with Crippen molar-refractivity contribution in [1.82, 2.24) is 0 Å². The first-order valence-electron chi connectivity index (χ1n) is 19.1. The van der Waals surface area contributed by atoms with E-state index in [-0.39, 0.29) is 6.61 Å². The third kappa shape index (κ3) is 34.0. The average Bonchev–Trinajstić information content (AvgIpc) is 3.00. The molecule has 0 fully saturated rings. The van der Waals surface area contributed by atoms with Crippen LogP contribution in [0.1, 0.15) is 213 Å². The van der Waals surface area contributed by atoms with Gasteiger partial charge in [-0.1, -0.05) is 181 Å². The quantitative estimate of drug-likeness (QED) is 0.0394. The maximum Gasteiger partial charge on any atom is 0.586 e. The third-order valence-corrected chi connectivity index (χ3v) is 9.64. The zero-order chi connectivity index (χ0) is 31.4. The van der Waals surface area contributed by atoms with Crippen molar-refractivity contribution in [1.29, 1.82) is 0 Å². The SMILES string of the molecule is CCCCCCCCCCCCCCCC/C=C/OP(=O)(O/C=C/CCCCCCCCCCCCCCCC)OCC. The first-order valence-corrected chi connectivity index (χ1v) is 20.6. The molecule has 5 heteroatoms. The van der Waals surface area contributed by atoms with E-state index in [0.717, 1.165) is 25.7 Å². The summed E-state index contributed by atoms with van der Waals surface area (Å²) in [5, 5.41) is 0. The molecule has 0 radical (unpaired) electrons. The van der Waals surface area contributed by atoms with Gasteiger partial charge in [-0.2, -0.15) is 0 Å². The van der Waals surface area contributed by atoms with E-state index in [1.54, 1.807) is 6.92 Å². The molecule has 0 spiro atoms. The zero-order valence-corrected chi connectivity index (χ0v) is 30.2. The summed E-state index contributed by atoms with van der Waals surface area (Å²) in [5.74, 6) is 0. The predicted molar refractivity (Wildman–Crippen MR) is 190 cm³/mol. The first kappa shape index (κ1) is 42.3. The molecule has 4 nitrogen and oxygen atoms in total. The first-order chi connectivity index (χ1) is 21.2. The van der Waals surface area contributed by atoms with Crippen LogP contribution in [0.4, 0.5) is 0 Å². The summed E-state index contributed by atoms with van der Waals surface area (Å²) in [6.45, 7) is 6.65. The summed E-state index contributed by atoms with van der Waals surface area (Å²) in [4.78, 5) is 0. The highest BCUT2D eigenvalue weighted by atomic mass is 31.2. The lowest BCUT2D eigenvalue weighted by Gasteiger charge is -2.13. The maximum absolute atomic E-state index is 12.8. The van der Waals surface area contributed by atoms with Gasteiger partial charge in [-0.3, -0.25) is 4.52 Å². The van der Waals surface area contributed by atoms with Gasteiger partial charge in [-0.05, 0) is 44.8 Å². The zero-order valence-electron chi connectivity index (χ0n) is 29.3. The van der Waals surface area contributed by atoms with Crippen LogP contribution in [0.2, 0.25) is 0 Å². The number of rotatable bonds is 36. The summed E-state index contributed by atoms with van der Waals surface area (Å²) in [6.07, 6.45) is 46.9. The van der Waals surface area contributed by atoms with Gasteiger partial charge >= 0.3 is 7.82 Å². The van der Waals surface area contributed by atoms with E-state index in [0.29, 0.717) is 0 Å². The molecule has 0 rings (SSSR count). The highest BCUT2D eigenvalue weighted by molar-refractivity contribution is 7.48. The largest absolute Gasteiger partial charge is 0.586 e. The Balaban J connectivity index is 3.63. The summed E-state index contributed by atoms with van der Waals surface area (Å²) in [6, 6.07) is 0. The highest BCUT2D eigenvalue weighted by Crippen LogP contribution is 2.50. The molecule has 0 saturated carbocycles. The summed E-state index contributed by atoms with van der Waals surface area (Å²) in [7, 11) is -3.57. The molecule has 0 amide bonds. The minimum absolute atomic E-state index is 0.289. The number of phosphoric ester groups is 1. The smallest absolute Gasteiger partial charge is 0.403 e. The minimum atomic E-state index is -3.57. The van der Waals surface area contributed by atoms with Crippen molar-refractivity contribution in [2.45, 2.75) is 213 Å². The van der Waals surface area contributed by atoms with E-state index < -0.39 is 7.82 Å². The van der Waals surface area contributed by atoms with Gasteiger partial charge in [0.2, 0.25) is 0 Å². The molecule has 0 aliphatic carbocycles. The van der Waals surface area contributed by atoms with E-state index >= 15 is 0 Å². The van der Waals surface area contributed by atoms with E-state index in [4.69, 9.17) is 13.6 Å². The van der Waals surface area contributed by atoms with Gasteiger partial charge in [-0.15, -0.1) is 0 Å².